The Morgan fingerprint density at radius 2 is 2.06 bits per heavy atom. The first-order valence-corrected chi connectivity index (χ1v) is 7.07. The van der Waals surface area contributed by atoms with E-state index in [1.54, 1.807) is 18.2 Å². The van der Waals surface area contributed by atoms with Gasteiger partial charge in [0.15, 0.2) is 9.84 Å². The molecule has 4 nitrogen and oxygen atoms in total. The summed E-state index contributed by atoms with van der Waals surface area (Å²) in [5.41, 5.74) is 6.83. The summed E-state index contributed by atoms with van der Waals surface area (Å²) in [7, 11) is -3.25. The molecule has 0 amide bonds. The van der Waals surface area contributed by atoms with Gasteiger partial charge in [-0.2, -0.15) is 0 Å². The van der Waals surface area contributed by atoms with Crippen molar-refractivity contribution in [2.45, 2.75) is 18.2 Å². The Morgan fingerprint density at radius 3 is 2.76 bits per heavy atom. The highest BCUT2D eigenvalue weighted by molar-refractivity contribution is 7.91. The fourth-order valence-corrected chi connectivity index (χ4v) is 3.35. The summed E-state index contributed by atoms with van der Waals surface area (Å²) in [6.07, 6.45) is 2.08. The number of aromatic nitrogens is 1. The third kappa shape index (κ3) is 2.10. The average molecular weight is 250 g/mol. The number of fused-ring (bicyclic) bond motifs is 1. The number of pyridine rings is 1. The van der Waals surface area contributed by atoms with Gasteiger partial charge in [-0.1, -0.05) is 19.1 Å². The minimum absolute atomic E-state index is 0.140. The van der Waals surface area contributed by atoms with Crippen molar-refractivity contribution < 1.29 is 8.42 Å². The van der Waals surface area contributed by atoms with Crippen LogP contribution in [0.4, 0.5) is 5.69 Å². The third-order valence-electron chi connectivity index (χ3n) is 2.57. The highest BCUT2D eigenvalue weighted by Crippen LogP contribution is 2.25. The number of sulfone groups is 1. The first-order valence-electron chi connectivity index (χ1n) is 5.42. The molecule has 2 rings (SSSR count). The van der Waals surface area contributed by atoms with Gasteiger partial charge in [0, 0.05) is 11.6 Å². The fraction of sp³-hybridized carbons (Fsp3) is 0.250. The van der Waals surface area contributed by atoms with E-state index in [9.17, 15) is 8.42 Å². The van der Waals surface area contributed by atoms with Crippen LogP contribution >= 0.6 is 0 Å². The van der Waals surface area contributed by atoms with Crippen molar-refractivity contribution in [3.8, 4) is 0 Å². The van der Waals surface area contributed by atoms with Gasteiger partial charge in [0.1, 0.15) is 0 Å². The summed E-state index contributed by atoms with van der Waals surface area (Å²) < 4.78 is 24.2. The van der Waals surface area contributed by atoms with Crippen LogP contribution in [0.3, 0.4) is 0 Å². The van der Waals surface area contributed by atoms with Crippen LogP contribution in [0.5, 0.6) is 0 Å². The van der Waals surface area contributed by atoms with Crippen molar-refractivity contribution in [1.29, 1.82) is 0 Å². The van der Waals surface area contributed by atoms with E-state index in [-0.39, 0.29) is 5.75 Å². The second-order valence-corrected chi connectivity index (χ2v) is 5.95. The van der Waals surface area contributed by atoms with Crippen LogP contribution in [-0.2, 0) is 9.84 Å². The van der Waals surface area contributed by atoms with Crippen LogP contribution in [-0.4, -0.2) is 19.2 Å². The SMILES string of the molecule is CCCS(=O)(=O)c1ccnc2c(N)cccc12. The van der Waals surface area contributed by atoms with Gasteiger partial charge in [0.2, 0.25) is 0 Å². The lowest BCUT2D eigenvalue weighted by molar-refractivity contribution is 0.595. The van der Waals surface area contributed by atoms with Crippen molar-refractivity contribution in [3.05, 3.63) is 30.5 Å². The average Bonchev–Trinajstić information content (AvgIpc) is 2.29. The molecule has 2 N–H and O–H groups in total. The second kappa shape index (κ2) is 4.33. The normalized spacial score (nSPS) is 11.8. The van der Waals surface area contributed by atoms with Gasteiger partial charge in [-0.25, -0.2) is 8.42 Å². The molecule has 0 spiro atoms. The van der Waals surface area contributed by atoms with Crippen molar-refractivity contribution in [2.24, 2.45) is 0 Å². The molecule has 2 aromatic rings. The molecule has 0 aliphatic carbocycles. The Hall–Kier alpha value is -1.62. The van der Waals surface area contributed by atoms with E-state index >= 15 is 0 Å². The molecule has 90 valence electrons. The largest absolute Gasteiger partial charge is 0.397 e. The van der Waals surface area contributed by atoms with Gasteiger partial charge in [0.05, 0.1) is 21.9 Å². The molecule has 0 saturated heterocycles. The summed E-state index contributed by atoms with van der Waals surface area (Å²) in [5.74, 6) is 0.140. The number of nitrogens with two attached hydrogens (primary N) is 1. The van der Waals surface area contributed by atoms with Crippen molar-refractivity contribution in [1.82, 2.24) is 4.98 Å². The maximum absolute atomic E-state index is 12.1. The Morgan fingerprint density at radius 1 is 1.29 bits per heavy atom. The summed E-state index contributed by atoms with van der Waals surface area (Å²) in [6, 6.07) is 6.73. The van der Waals surface area contributed by atoms with Crippen LogP contribution < -0.4 is 5.73 Å². The topological polar surface area (TPSA) is 73.0 Å². The number of rotatable bonds is 3. The Bertz CT molecular complexity index is 651. The van der Waals surface area contributed by atoms with Crippen LogP contribution in [0, 0.1) is 0 Å². The zero-order valence-electron chi connectivity index (χ0n) is 9.55. The molecule has 0 aliphatic rings. The highest BCUT2D eigenvalue weighted by atomic mass is 32.2. The fourth-order valence-electron chi connectivity index (χ4n) is 1.82. The van der Waals surface area contributed by atoms with Crippen molar-refractivity contribution >= 4 is 26.4 Å². The molecule has 0 unspecified atom stereocenters. The van der Waals surface area contributed by atoms with E-state index < -0.39 is 9.84 Å². The van der Waals surface area contributed by atoms with Gasteiger partial charge in [0.25, 0.3) is 0 Å². The maximum Gasteiger partial charge on any atom is 0.179 e. The third-order valence-corrected chi connectivity index (χ3v) is 4.54. The Kier molecular flexibility index (Phi) is 3.02. The van der Waals surface area contributed by atoms with E-state index in [0.29, 0.717) is 27.9 Å². The Balaban J connectivity index is 2.76. The predicted octanol–water partition coefficient (Wildman–Crippen LogP) is 2.00. The molecule has 1 aromatic heterocycles. The summed E-state index contributed by atoms with van der Waals surface area (Å²) >= 11 is 0. The first kappa shape index (κ1) is 11.9. The molecule has 1 aromatic carbocycles. The molecule has 0 atom stereocenters. The summed E-state index contributed by atoms with van der Waals surface area (Å²) in [5, 5.41) is 0.598. The molecule has 17 heavy (non-hydrogen) atoms. The molecule has 0 aliphatic heterocycles. The predicted molar refractivity (Wildman–Crippen MR) is 68.5 cm³/mol. The quantitative estimate of drug-likeness (QED) is 0.846. The summed E-state index contributed by atoms with van der Waals surface area (Å²) in [4.78, 5) is 4.44. The molecule has 0 fully saturated rings. The number of benzene rings is 1. The monoisotopic (exact) mass is 250 g/mol. The molecule has 0 bridgehead atoms. The second-order valence-electron chi connectivity index (χ2n) is 3.87. The van der Waals surface area contributed by atoms with E-state index in [1.165, 1.54) is 12.3 Å². The van der Waals surface area contributed by atoms with Gasteiger partial charge >= 0.3 is 0 Å². The van der Waals surface area contributed by atoms with Crippen LogP contribution in [0.1, 0.15) is 13.3 Å². The first-order chi connectivity index (χ1) is 8.06. The smallest absolute Gasteiger partial charge is 0.179 e. The minimum Gasteiger partial charge on any atom is -0.397 e. The lowest BCUT2D eigenvalue weighted by Crippen LogP contribution is -2.07. The van der Waals surface area contributed by atoms with E-state index in [1.807, 2.05) is 6.92 Å². The van der Waals surface area contributed by atoms with Crippen LogP contribution in [0.15, 0.2) is 35.4 Å². The van der Waals surface area contributed by atoms with Gasteiger partial charge in [-0.3, -0.25) is 4.98 Å². The summed E-state index contributed by atoms with van der Waals surface area (Å²) in [6.45, 7) is 1.84. The van der Waals surface area contributed by atoms with E-state index in [0.717, 1.165) is 0 Å². The number of nitrogen functional groups attached to an aromatic ring is 1. The van der Waals surface area contributed by atoms with Gasteiger partial charge in [-0.15, -0.1) is 0 Å². The van der Waals surface area contributed by atoms with Crippen LogP contribution in [0.25, 0.3) is 10.9 Å². The number of hydrogen-bond acceptors (Lipinski definition) is 4. The highest BCUT2D eigenvalue weighted by Gasteiger charge is 2.17. The van der Waals surface area contributed by atoms with Gasteiger partial charge < -0.3 is 5.73 Å². The van der Waals surface area contributed by atoms with E-state index in [2.05, 4.69) is 4.98 Å². The molecular weight excluding hydrogens is 236 g/mol. The number of hydrogen-bond donors (Lipinski definition) is 1. The molecular formula is C12H14N2O2S. The molecule has 0 radical (unpaired) electrons. The van der Waals surface area contributed by atoms with Crippen LogP contribution in [0.2, 0.25) is 0 Å². The lowest BCUT2D eigenvalue weighted by Gasteiger charge is -2.07. The standard InChI is InChI=1S/C12H14N2O2S/c1-2-8-17(15,16)11-6-7-14-12-9(11)4-3-5-10(12)13/h3-7H,2,8,13H2,1H3. The molecule has 0 saturated carbocycles. The number of anilines is 1. The minimum atomic E-state index is -3.25. The van der Waals surface area contributed by atoms with Gasteiger partial charge in [-0.05, 0) is 18.6 Å². The zero-order chi connectivity index (χ0) is 12.5. The van der Waals surface area contributed by atoms with Crippen molar-refractivity contribution in [3.63, 3.8) is 0 Å². The Labute approximate surface area is 100 Å². The number of nitrogens with zero attached hydrogens (tertiary/aromatic N) is 1. The molecule has 1 heterocycles. The zero-order valence-corrected chi connectivity index (χ0v) is 10.4. The van der Waals surface area contributed by atoms with Crippen molar-refractivity contribution in [2.75, 3.05) is 11.5 Å². The maximum atomic E-state index is 12.1. The lowest BCUT2D eigenvalue weighted by atomic mass is 10.2. The number of para-hydroxylation sites is 1. The van der Waals surface area contributed by atoms with E-state index in [4.69, 9.17) is 5.73 Å². The molecule has 5 heteroatoms.